The van der Waals surface area contributed by atoms with E-state index in [0.717, 1.165) is 38.2 Å². The van der Waals surface area contributed by atoms with E-state index in [1.807, 2.05) is 30.6 Å². The van der Waals surface area contributed by atoms with Crippen LogP contribution in [0.15, 0.2) is 67.0 Å². The van der Waals surface area contributed by atoms with Crippen LogP contribution in [0, 0.1) is 0 Å². The van der Waals surface area contributed by atoms with Crippen molar-refractivity contribution in [1.82, 2.24) is 20.6 Å². The first kappa shape index (κ1) is 18.8. The summed E-state index contributed by atoms with van der Waals surface area (Å²) in [6.07, 6.45) is 8.38. The first-order valence-corrected chi connectivity index (χ1v) is 10.2. The van der Waals surface area contributed by atoms with Gasteiger partial charge in [0.25, 0.3) is 0 Å². The molecular formula is C24H28N4. The van der Waals surface area contributed by atoms with Gasteiger partial charge in [-0.25, -0.2) is 0 Å². The van der Waals surface area contributed by atoms with E-state index in [1.54, 1.807) is 0 Å². The molecule has 3 aromatic rings. The lowest BCUT2D eigenvalue weighted by Crippen LogP contribution is -2.28. The van der Waals surface area contributed by atoms with Crippen molar-refractivity contribution in [1.29, 1.82) is 0 Å². The predicted molar refractivity (Wildman–Crippen MR) is 113 cm³/mol. The molecule has 0 saturated heterocycles. The van der Waals surface area contributed by atoms with Crippen molar-refractivity contribution >= 4 is 0 Å². The summed E-state index contributed by atoms with van der Waals surface area (Å²) >= 11 is 0. The van der Waals surface area contributed by atoms with Crippen molar-refractivity contribution in [2.45, 2.75) is 44.8 Å². The monoisotopic (exact) mass is 372 g/mol. The van der Waals surface area contributed by atoms with E-state index < -0.39 is 0 Å². The number of hydrogen-bond acceptors (Lipinski definition) is 4. The average molecular weight is 373 g/mol. The van der Waals surface area contributed by atoms with E-state index in [0.29, 0.717) is 6.04 Å². The van der Waals surface area contributed by atoms with E-state index in [-0.39, 0.29) is 0 Å². The Balaban J connectivity index is 1.26. The topological polar surface area (TPSA) is 49.8 Å². The molecule has 2 N–H and O–H groups in total. The number of nitrogens with one attached hydrogen (secondary N) is 2. The van der Waals surface area contributed by atoms with Crippen LogP contribution in [0.2, 0.25) is 0 Å². The van der Waals surface area contributed by atoms with Crippen LogP contribution in [0.25, 0.3) is 0 Å². The highest BCUT2D eigenvalue weighted by Gasteiger charge is 2.20. The third-order valence-corrected chi connectivity index (χ3v) is 5.35. The smallest absolute Gasteiger partial charge is 0.0605 e. The second-order valence-electron chi connectivity index (χ2n) is 7.44. The molecule has 1 atom stereocenters. The maximum absolute atomic E-state index is 4.62. The summed E-state index contributed by atoms with van der Waals surface area (Å²) in [5.74, 6) is 0. The lowest BCUT2D eigenvalue weighted by molar-refractivity contribution is 0.451. The lowest BCUT2D eigenvalue weighted by Gasteiger charge is -2.25. The van der Waals surface area contributed by atoms with Gasteiger partial charge in [0.05, 0.1) is 11.4 Å². The zero-order chi connectivity index (χ0) is 19.0. The van der Waals surface area contributed by atoms with Gasteiger partial charge in [-0.05, 0) is 67.1 Å². The Morgan fingerprint density at radius 3 is 2.75 bits per heavy atom. The standard InChI is InChI=1S/C24H28N4/c1-2-13-26-22(10-1)18-25-17-20-7-3-6-19(16-20)12-15-27-23-11-4-8-21-9-5-14-28-24(21)23/h1-3,5-7,9-10,13-14,16,23,25,27H,4,8,11-12,15,17-18H2. The molecule has 28 heavy (non-hydrogen) atoms. The number of fused-ring (bicyclic) bond motifs is 1. The van der Waals surface area contributed by atoms with Crippen LogP contribution in [0.4, 0.5) is 0 Å². The normalized spacial score (nSPS) is 15.9. The number of nitrogens with zero attached hydrogens (tertiary/aromatic N) is 2. The van der Waals surface area contributed by atoms with Crippen molar-refractivity contribution in [2.75, 3.05) is 6.54 Å². The van der Waals surface area contributed by atoms with E-state index in [4.69, 9.17) is 0 Å². The Morgan fingerprint density at radius 1 is 0.893 bits per heavy atom. The third kappa shape index (κ3) is 5.03. The van der Waals surface area contributed by atoms with Gasteiger partial charge in [-0.3, -0.25) is 9.97 Å². The van der Waals surface area contributed by atoms with Gasteiger partial charge in [0.1, 0.15) is 0 Å². The molecule has 4 nitrogen and oxygen atoms in total. The minimum atomic E-state index is 0.396. The summed E-state index contributed by atoms with van der Waals surface area (Å²) in [6.45, 7) is 2.63. The van der Waals surface area contributed by atoms with Crippen LogP contribution in [-0.4, -0.2) is 16.5 Å². The van der Waals surface area contributed by atoms with Gasteiger partial charge in [0.15, 0.2) is 0 Å². The Kier molecular flexibility index (Phi) is 6.43. The summed E-state index contributed by atoms with van der Waals surface area (Å²) in [5, 5.41) is 7.20. The predicted octanol–water partition coefficient (Wildman–Crippen LogP) is 3.98. The van der Waals surface area contributed by atoms with Crippen molar-refractivity contribution in [3.05, 3.63) is 95.1 Å². The van der Waals surface area contributed by atoms with Gasteiger partial charge < -0.3 is 10.6 Å². The van der Waals surface area contributed by atoms with Crippen molar-refractivity contribution in [3.63, 3.8) is 0 Å². The maximum Gasteiger partial charge on any atom is 0.0605 e. The SMILES string of the molecule is c1ccc(CNCc2cccc(CCNC3CCCc4cccnc43)c2)nc1. The quantitative estimate of drug-likeness (QED) is 0.628. The molecule has 0 bridgehead atoms. The molecule has 144 valence electrons. The molecule has 0 saturated carbocycles. The fraction of sp³-hybridized carbons (Fsp3) is 0.333. The highest BCUT2D eigenvalue weighted by Crippen LogP contribution is 2.27. The molecule has 4 heteroatoms. The number of aryl methyl sites for hydroxylation is 1. The van der Waals surface area contributed by atoms with Crippen LogP contribution < -0.4 is 10.6 Å². The van der Waals surface area contributed by atoms with Crippen molar-refractivity contribution in [2.24, 2.45) is 0 Å². The molecule has 0 amide bonds. The number of aromatic nitrogens is 2. The summed E-state index contributed by atoms with van der Waals surface area (Å²) in [5.41, 5.74) is 6.43. The number of benzene rings is 1. The molecule has 0 radical (unpaired) electrons. The van der Waals surface area contributed by atoms with Gasteiger partial charge in [0.2, 0.25) is 0 Å². The first-order chi connectivity index (χ1) is 13.9. The van der Waals surface area contributed by atoms with Gasteiger partial charge in [-0.1, -0.05) is 36.4 Å². The lowest BCUT2D eigenvalue weighted by atomic mass is 9.92. The Bertz CT molecular complexity index is 879. The molecule has 1 aliphatic carbocycles. The Hall–Kier alpha value is -2.56. The Labute approximate surface area is 167 Å². The maximum atomic E-state index is 4.62. The van der Waals surface area contributed by atoms with Crippen molar-refractivity contribution < 1.29 is 0 Å². The zero-order valence-corrected chi connectivity index (χ0v) is 16.3. The van der Waals surface area contributed by atoms with Crippen LogP contribution in [0.3, 0.4) is 0 Å². The van der Waals surface area contributed by atoms with Crippen LogP contribution in [0.1, 0.15) is 47.0 Å². The molecular weight excluding hydrogens is 344 g/mol. The molecule has 1 aromatic carbocycles. The second kappa shape index (κ2) is 9.58. The Morgan fingerprint density at radius 2 is 1.82 bits per heavy atom. The van der Waals surface area contributed by atoms with Crippen LogP contribution in [0.5, 0.6) is 0 Å². The van der Waals surface area contributed by atoms with Crippen LogP contribution >= 0.6 is 0 Å². The average Bonchev–Trinajstić information content (AvgIpc) is 2.75. The minimum Gasteiger partial charge on any atom is -0.308 e. The zero-order valence-electron chi connectivity index (χ0n) is 16.3. The third-order valence-electron chi connectivity index (χ3n) is 5.35. The molecule has 2 heterocycles. The summed E-state index contributed by atoms with van der Waals surface area (Å²) in [4.78, 5) is 8.98. The van der Waals surface area contributed by atoms with Gasteiger partial charge in [-0.15, -0.1) is 0 Å². The molecule has 2 aromatic heterocycles. The van der Waals surface area contributed by atoms with Gasteiger partial charge in [-0.2, -0.15) is 0 Å². The first-order valence-electron chi connectivity index (χ1n) is 10.2. The van der Waals surface area contributed by atoms with Crippen molar-refractivity contribution in [3.8, 4) is 0 Å². The highest BCUT2D eigenvalue weighted by atomic mass is 14.9. The minimum absolute atomic E-state index is 0.396. The fourth-order valence-electron chi connectivity index (χ4n) is 3.93. The molecule has 4 rings (SSSR count). The van der Waals surface area contributed by atoms with E-state index in [9.17, 15) is 0 Å². The number of hydrogen-bond donors (Lipinski definition) is 2. The molecule has 0 spiro atoms. The number of rotatable bonds is 8. The fourth-order valence-corrected chi connectivity index (χ4v) is 3.93. The molecule has 1 unspecified atom stereocenters. The number of pyridine rings is 2. The van der Waals surface area contributed by atoms with Gasteiger partial charge >= 0.3 is 0 Å². The largest absolute Gasteiger partial charge is 0.308 e. The highest BCUT2D eigenvalue weighted by molar-refractivity contribution is 5.26. The summed E-state index contributed by atoms with van der Waals surface area (Å²) < 4.78 is 0. The molecule has 1 aliphatic rings. The summed E-state index contributed by atoms with van der Waals surface area (Å²) in [6, 6.07) is 19.6. The molecule has 0 aliphatic heterocycles. The van der Waals surface area contributed by atoms with E-state index in [2.05, 4.69) is 57.0 Å². The van der Waals surface area contributed by atoms with Crippen LogP contribution in [-0.2, 0) is 25.9 Å². The molecule has 0 fully saturated rings. The summed E-state index contributed by atoms with van der Waals surface area (Å²) in [7, 11) is 0. The van der Waals surface area contributed by atoms with Gasteiger partial charge in [0, 0.05) is 31.5 Å². The van der Waals surface area contributed by atoms with E-state index in [1.165, 1.54) is 35.2 Å². The second-order valence-corrected chi connectivity index (χ2v) is 7.44. The van der Waals surface area contributed by atoms with E-state index >= 15 is 0 Å².